The van der Waals surface area contributed by atoms with Gasteiger partial charge in [-0.15, -0.1) is 0 Å². The van der Waals surface area contributed by atoms with Gasteiger partial charge in [-0.2, -0.15) is 0 Å². The molecular weight excluding hydrogens is 702 g/mol. The topological polar surface area (TPSA) is 146 Å². The summed E-state index contributed by atoms with van der Waals surface area (Å²) in [5, 5.41) is 9.77. The summed E-state index contributed by atoms with van der Waals surface area (Å²) in [5.74, 6) is -4.20. The molecule has 11 heteroatoms. The van der Waals surface area contributed by atoms with Crippen molar-refractivity contribution in [1.29, 1.82) is 0 Å². The van der Waals surface area contributed by atoms with Crippen LogP contribution in [0.4, 0.5) is 4.79 Å². The first-order chi connectivity index (χ1) is 26.2. The van der Waals surface area contributed by atoms with Crippen molar-refractivity contribution in [3.05, 3.63) is 113 Å². The predicted octanol–water partition coefficient (Wildman–Crippen LogP) is 6.46. The van der Waals surface area contributed by atoms with E-state index in [-0.39, 0.29) is 49.9 Å². The van der Waals surface area contributed by atoms with Gasteiger partial charge in [0.05, 0.1) is 31.8 Å². The van der Waals surface area contributed by atoms with Gasteiger partial charge in [0, 0.05) is 25.5 Å². The lowest BCUT2D eigenvalue weighted by molar-refractivity contribution is -0.159. The average molecular weight is 756 g/mol. The molecule has 294 valence electrons. The molecule has 55 heavy (non-hydrogen) atoms. The summed E-state index contributed by atoms with van der Waals surface area (Å²) in [6.07, 6.45) is -1.65. The van der Waals surface area contributed by atoms with Gasteiger partial charge in [-0.25, -0.2) is 9.69 Å². The van der Waals surface area contributed by atoms with Crippen molar-refractivity contribution in [2.45, 2.75) is 91.3 Å². The second kappa shape index (κ2) is 20.1. The van der Waals surface area contributed by atoms with Crippen molar-refractivity contribution in [3.63, 3.8) is 0 Å². The van der Waals surface area contributed by atoms with Crippen LogP contribution >= 0.6 is 0 Å². The molecule has 0 bridgehead atoms. The minimum Gasteiger partial charge on any atom is -0.453 e. The quantitative estimate of drug-likeness (QED) is 0.0775. The minimum absolute atomic E-state index is 0.0110. The summed E-state index contributed by atoms with van der Waals surface area (Å²) in [7, 11) is 0. The van der Waals surface area contributed by atoms with Crippen LogP contribution in [0.15, 0.2) is 91.0 Å². The third-order valence-corrected chi connectivity index (χ3v) is 9.41. The number of hydrogen-bond donors (Lipinski definition) is 1. The number of carbonyl (C=O) groups is 5. The molecule has 11 nitrogen and oxygen atoms in total. The number of aryl methyl sites for hydroxylation is 1. The van der Waals surface area contributed by atoms with E-state index in [0.29, 0.717) is 24.2 Å². The first kappa shape index (κ1) is 42.8. The SMILES string of the molecule is CC(=O)O[C@@H](C(=O)C=C(C(=O)CCCOC[C@@H](CO)OCc1ccccc1)c1cccc(C)c1)[C@@H](Cc1ccccc1)C(=O)N1C(=O)OC(C)(C)[C@H]1C(C)C. The second-order valence-corrected chi connectivity index (χ2v) is 14.7. The fourth-order valence-electron chi connectivity index (χ4n) is 6.96. The monoisotopic (exact) mass is 755 g/mol. The fraction of sp³-hybridized carbons (Fsp3) is 0.432. The molecule has 1 fully saturated rings. The van der Waals surface area contributed by atoms with E-state index in [2.05, 4.69) is 0 Å². The van der Waals surface area contributed by atoms with Gasteiger partial charge in [0.25, 0.3) is 0 Å². The van der Waals surface area contributed by atoms with E-state index in [1.54, 1.807) is 56.3 Å². The molecule has 0 aliphatic carbocycles. The average Bonchev–Trinajstić information content (AvgIpc) is 3.40. The van der Waals surface area contributed by atoms with E-state index in [0.717, 1.165) is 29.0 Å². The summed E-state index contributed by atoms with van der Waals surface area (Å²) < 4.78 is 22.8. The van der Waals surface area contributed by atoms with Gasteiger partial charge < -0.3 is 24.1 Å². The molecule has 0 spiro atoms. The van der Waals surface area contributed by atoms with Gasteiger partial charge in [0.1, 0.15) is 11.7 Å². The standard InChI is InChI=1S/C44H53NO10/c1-29(2)41-44(5,6)55-43(51)45(41)42(50)37(24-32-16-9-7-10-17-32)40(54-31(4)47)39(49)25-36(34-20-13-15-30(3)23-34)38(48)21-14-22-52-28-35(26-46)53-27-33-18-11-8-12-19-33/h7-13,15-20,23,25,29,35,37,40-41,46H,14,21-22,24,26-28H2,1-6H3/t35-,37-,40-,41-/m1/s1. The molecule has 3 aromatic rings. The van der Waals surface area contributed by atoms with E-state index in [4.69, 9.17) is 18.9 Å². The molecule has 1 saturated heterocycles. The van der Waals surface area contributed by atoms with Crippen LogP contribution in [-0.4, -0.2) is 83.2 Å². The van der Waals surface area contributed by atoms with Crippen LogP contribution in [0.25, 0.3) is 5.57 Å². The van der Waals surface area contributed by atoms with Crippen molar-refractivity contribution in [1.82, 2.24) is 4.90 Å². The van der Waals surface area contributed by atoms with Crippen molar-refractivity contribution < 1.29 is 48.0 Å². The van der Waals surface area contributed by atoms with E-state index in [9.17, 15) is 29.1 Å². The molecular formula is C44H53NO10. The first-order valence-electron chi connectivity index (χ1n) is 18.7. The number of nitrogens with zero attached hydrogens (tertiary/aromatic N) is 1. The Hall–Kier alpha value is -4.97. The molecule has 1 aliphatic rings. The lowest BCUT2D eigenvalue weighted by atomic mass is 9.85. The Kier molecular flexibility index (Phi) is 15.6. The van der Waals surface area contributed by atoms with Crippen molar-refractivity contribution in [2.75, 3.05) is 19.8 Å². The highest BCUT2D eigenvalue weighted by molar-refractivity contribution is 6.25. The van der Waals surface area contributed by atoms with Crippen molar-refractivity contribution >= 4 is 35.1 Å². The maximum atomic E-state index is 14.6. The smallest absolute Gasteiger partial charge is 0.417 e. The number of cyclic esters (lactones) is 1. The largest absolute Gasteiger partial charge is 0.453 e. The highest BCUT2D eigenvalue weighted by Crippen LogP contribution is 2.36. The highest BCUT2D eigenvalue weighted by Gasteiger charge is 2.54. The Balaban J connectivity index is 1.59. The van der Waals surface area contributed by atoms with Gasteiger partial charge in [-0.1, -0.05) is 104 Å². The normalized spacial score (nSPS) is 17.0. The Bertz CT molecular complexity index is 1800. The van der Waals surface area contributed by atoms with Gasteiger partial charge in [-0.05, 0) is 62.3 Å². The number of Topliss-reactive ketones (excluding diaryl/α,β-unsaturated/α-hetero) is 1. The van der Waals surface area contributed by atoms with Crippen LogP contribution < -0.4 is 0 Å². The second-order valence-electron chi connectivity index (χ2n) is 14.7. The fourth-order valence-corrected chi connectivity index (χ4v) is 6.96. The van der Waals surface area contributed by atoms with Crippen LogP contribution in [-0.2, 0) is 51.2 Å². The molecule has 0 unspecified atom stereocenters. The van der Waals surface area contributed by atoms with Gasteiger partial charge in [0.2, 0.25) is 5.91 Å². The third kappa shape index (κ3) is 12.0. The Morgan fingerprint density at radius 3 is 2.20 bits per heavy atom. The van der Waals surface area contributed by atoms with Crippen molar-refractivity contribution in [2.24, 2.45) is 11.8 Å². The molecule has 4 rings (SSSR count). The van der Waals surface area contributed by atoms with Crippen LogP contribution in [0.1, 0.15) is 69.7 Å². The zero-order valence-electron chi connectivity index (χ0n) is 32.6. The lowest BCUT2D eigenvalue weighted by Gasteiger charge is -2.34. The number of amides is 2. The van der Waals surface area contributed by atoms with E-state index in [1.165, 1.54) is 0 Å². The number of aliphatic hydroxyl groups excluding tert-OH is 1. The highest BCUT2D eigenvalue weighted by atomic mass is 16.6. The molecule has 1 aliphatic heterocycles. The summed E-state index contributed by atoms with van der Waals surface area (Å²) in [6.45, 7) is 10.6. The van der Waals surface area contributed by atoms with Crippen molar-refractivity contribution in [3.8, 4) is 0 Å². The lowest BCUT2D eigenvalue weighted by Crippen LogP contribution is -2.53. The summed E-state index contributed by atoms with van der Waals surface area (Å²) in [5.41, 5.74) is 2.03. The minimum atomic E-state index is -1.67. The number of allylic oxidation sites excluding steroid dienone is 1. The maximum Gasteiger partial charge on any atom is 0.417 e. The number of ketones is 2. The molecule has 0 saturated carbocycles. The summed E-state index contributed by atoms with van der Waals surface area (Å²) in [6, 6.07) is 24.9. The summed E-state index contributed by atoms with van der Waals surface area (Å²) >= 11 is 0. The number of aliphatic hydroxyl groups is 1. The number of esters is 1. The third-order valence-electron chi connectivity index (χ3n) is 9.41. The molecule has 4 atom stereocenters. The number of imide groups is 1. The van der Waals surface area contributed by atoms with E-state index < -0.39 is 53.5 Å². The molecule has 3 aromatic carbocycles. The first-order valence-corrected chi connectivity index (χ1v) is 18.7. The van der Waals surface area contributed by atoms with Gasteiger partial charge in [0.15, 0.2) is 17.7 Å². The Morgan fingerprint density at radius 1 is 0.945 bits per heavy atom. The molecule has 0 aromatic heterocycles. The number of hydrogen-bond acceptors (Lipinski definition) is 10. The zero-order chi connectivity index (χ0) is 40.1. The zero-order valence-corrected chi connectivity index (χ0v) is 32.6. The Morgan fingerprint density at radius 2 is 1.60 bits per heavy atom. The van der Waals surface area contributed by atoms with Crippen LogP contribution in [0.3, 0.4) is 0 Å². The number of carbonyl (C=O) groups excluding carboxylic acids is 5. The van der Waals surface area contributed by atoms with Crippen LogP contribution in [0, 0.1) is 18.8 Å². The number of ether oxygens (including phenoxy) is 4. The van der Waals surface area contributed by atoms with E-state index >= 15 is 0 Å². The number of benzene rings is 3. The molecule has 0 radical (unpaired) electrons. The van der Waals surface area contributed by atoms with Crippen LogP contribution in [0.5, 0.6) is 0 Å². The van der Waals surface area contributed by atoms with Crippen LogP contribution in [0.2, 0.25) is 0 Å². The number of rotatable bonds is 20. The van der Waals surface area contributed by atoms with Gasteiger partial charge >= 0.3 is 12.1 Å². The van der Waals surface area contributed by atoms with E-state index in [1.807, 2.05) is 63.2 Å². The predicted molar refractivity (Wildman–Crippen MR) is 207 cm³/mol. The molecule has 1 N–H and O–H groups in total. The maximum absolute atomic E-state index is 14.6. The molecule has 1 heterocycles. The Labute approximate surface area is 323 Å². The molecule has 2 amide bonds. The van der Waals surface area contributed by atoms with Gasteiger partial charge in [-0.3, -0.25) is 19.2 Å². The summed E-state index contributed by atoms with van der Waals surface area (Å²) in [4.78, 5) is 69.8.